The molecule has 3 aromatic rings. The summed E-state index contributed by atoms with van der Waals surface area (Å²) in [7, 11) is 1.60. The summed E-state index contributed by atoms with van der Waals surface area (Å²) in [6.07, 6.45) is 2.39. The quantitative estimate of drug-likeness (QED) is 0.662. The maximum absolute atomic E-state index is 12.4. The van der Waals surface area contributed by atoms with Crippen molar-refractivity contribution in [1.82, 2.24) is 15.5 Å². The topological polar surface area (TPSA) is 77.3 Å². The van der Waals surface area contributed by atoms with Crippen LogP contribution in [0.5, 0.6) is 5.75 Å². The van der Waals surface area contributed by atoms with Crippen molar-refractivity contribution < 1.29 is 14.1 Å². The highest BCUT2D eigenvalue weighted by molar-refractivity contribution is 5.94. The van der Waals surface area contributed by atoms with Gasteiger partial charge in [0.2, 0.25) is 11.7 Å². The van der Waals surface area contributed by atoms with E-state index in [9.17, 15) is 4.79 Å². The number of benzene rings is 2. The number of hydrogen-bond acceptors (Lipinski definition) is 5. The molecule has 0 aliphatic heterocycles. The molecule has 0 atom stereocenters. The molecule has 6 nitrogen and oxygen atoms in total. The molecule has 1 N–H and O–H groups in total. The van der Waals surface area contributed by atoms with Gasteiger partial charge in [-0.05, 0) is 30.2 Å². The molecule has 0 unspecified atom stereocenters. The van der Waals surface area contributed by atoms with Gasteiger partial charge < -0.3 is 14.6 Å². The van der Waals surface area contributed by atoms with Crippen LogP contribution in [-0.4, -0.2) is 23.2 Å². The van der Waals surface area contributed by atoms with E-state index < -0.39 is 0 Å². The van der Waals surface area contributed by atoms with Crippen molar-refractivity contribution in [3.63, 3.8) is 0 Å². The molecule has 0 bridgehead atoms. The lowest BCUT2D eigenvalue weighted by molar-refractivity contribution is 0.0946. The number of nitrogens with zero attached hydrogens (tertiary/aromatic N) is 2. The molecule has 26 heavy (non-hydrogen) atoms. The van der Waals surface area contributed by atoms with Gasteiger partial charge in [-0.2, -0.15) is 4.98 Å². The third-order valence-electron chi connectivity index (χ3n) is 3.81. The van der Waals surface area contributed by atoms with Crippen molar-refractivity contribution in [3.8, 4) is 17.1 Å². The Bertz CT molecular complexity index is 904. The minimum Gasteiger partial charge on any atom is -0.496 e. The largest absolute Gasteiger partial charge is 0.496 e. The van der Waals surface area contributed by atoms with Crippen molar-refractivity contribution in [2.24, 2.45) is 0 Å². The molecule has 3 rings (SSSR count). The molecule has 2 aromatic carbocycles. The van der Waals surface area contributed by atoms with E-state index in [4.69, 9.17) is 9.26 Å². The number of aromatic nitrogens is 2. The molecular formula is C20H19N3O3. The van der Waals surface area contributed by atoms with Crippen LogP contribution < -0.4 is 10.1 Å². The van der Waals surface area contributed by atoms with Gasteiger partial charge in [-0.15, -0.1) is 6.58 Å². The first kappa shape index (κ1) is 17.4. The molecule has 1 aromatic heterocycles. The minimum absolute atomic E-state index is 0.154. The van der Waals surface area contributed by atoms with Crippen LogP contribution in [0, 0.1) is 0 Å². The van der Waals surface area contributed by atoms with Crippen molar-refractivity contribution >= 4 is 5.91 Å². The maximum Gasteiger partial charge on any atom is 0.251 e. The van der Waals surface area contributed by atoms with E-state index in [2.05, 4.69) is 22.0 Å². The smallest absolute Gasteiger partial charge is 0.251 e. The summed E-state index contributed by atoms with van der Waals surface area (Å²) >= 11 is 0. The number of carbonyl (C=O) groups is 1. The number of methoxy groups -OCH3 is 1. The molecule has 0 saturated carbocycles. The first-order valence-corrected chi connectivity index (χ1v) is 8.15. The van der Waals surface area contributed by atoms with Crippen molar-refractivity contribution in [1.29, 1.82) is 0 Å². The zero-order valence-corrected chi connectivity index (χ0v) is 14.4. The average Bonchev–Trinajstić information content (AvgIpc) is 3.16. The van der Waals surface area contributed by atoms with Crippen molar-refractivity contribution in [2.75, 3.05) is 7.11 Å². The van der Waals surface area contributed by atoms with Crippen LogP contribution >= 0.6 is 0 Å². The number of carbonyl (C=O) groups excluding carboxylic acids is 1. The number of allylic oxidation sites excluding steroid dienone is 1. The van der Waals surface area contributed by atoms with Gasteiger partial charge in [0.1, 0.15) is 5.75 Å². The summed E-state index contributed by atoms with van der Waals surface area (Å²) in [6, 6.07) is 14.8. The lowest BCUT2D eigenvalue weighted by Gasteiger charge is -2.09. The Labute approximate surface area is 151 Å². The summed E-state index contributed by atoms with van der Waals surface area (Å²) < 4.78 is 10.5. The zero-order valence-electron chi connectivity index (χ0n) is 14.4. The fourth-order valence-corrected chi connectivity index (χ4v) is 2.52. The standard InChI is InChI=1S/C20H19N3O3/c1-3-7-15-12-16(10-11-17(15)25-2)20(24)21-13-18-22-19(23-26-18)14-8-5-4-6-9-14/h3-6,8-12H,1,7,13H2,2H3,(H,21,24). The van der Waals surface area contributed by atoms with Crippen LogP contribution in [-0.2, 0) is 13.0 Å². The predicted molar refractivity (Wildman–Crippen MR) is 97.8 cm³/mol. The molecular weight excluding hydrogens is 330 g/mol. The van der Waals surface area contributed by atoms with Crippen molar-refractivity contribution in [2.45, 2.75) is 13.0 Å². The zero-order chi connectivity index (χ0) is 18.4. The van der Waals surface area contributed by atoms with Crippen LogP contribution in [0.25, 0.3) is 11.4 Å². The molecule has 0 aliphatic rings. The lowest BCUT2D eigenvalue weighted by Crippen LogP contribution is -2.23. The van der Waals surface area contributed by atoms with E-state index in [1.165, 1.54) is 0 Å². The van der Waals surface area contributed by atoms with Crippen molar-refractivity contribution in [3.05, 3.63) is 78.2 Å². The SMILES string of the molecule is C=CCc1cc(C(=O)NCc2nc(-c3ccccc3)no2)ccc1OC. The number of hydrogen-bond donors (Lipinski definition) is 1. The number of ether oxygens (including phenoxy) is 1. The third kappa shape index (κ3) is 3.97. The second-order valence-corrected chi connectivity index (χ2v) is 5.58. The Morgan fingerprint density at radius 1 is 1.27 bits per heavy atom. The average molecular weight is 349 g/mol. The monoisotopic (exact) mass is 349 g/mol. The molecule has 1 amide bonds. The van der Waals surface area contributed by atoms with E-state index >= 15 is 0 Å². The lowest BCUT2D eigenvalue weighted by atomic mass is 10.1. The maximum atomic E-state index is 12.4. The summed E-state index contributed by atoms with van der Waals surface area (Å²) in [6.45, 7) is 3.88. The van der Waals surface area contributed by atoms with Gasteiger partial charge >= 0.3 is 0 Å². The molecule has 132 valence electrons. The van der Waals surface area contributed by atoms with Gasteiger partial charge in [0, 0.05) is 11.1 Å². The number of amides is 1. The Hall–Kier alpha value is -3.41. The van der Waals surface area contributed by atoms with E-state index in [-0.39, 0.29) is 12.5 Å². The minimum atomic E-state index is -0.225. The highest BCUT2D eigenvalue weighted by Crippen LogP contribution is 2.21. The molecule has 1 heterocycles. The summed E-state index contributed by atoms with van der Waals surface area (Å²) in [5.74, 6) is 1.34. The van der Waals surface area contributed by atoms with Gasteiger partial charge in [-0.25, -0.2) is 0 Å². The van der Waals surface area contributed by atoms with E-state index in [0.717, 1.165) is 16.9 Å². The molecule has 0 aliphatic carbocycles. The van der Waals surface area contributed by atoms with Crippen LogP contribution in [0.1, 0.15) is 21.8 Å². The Morgan fingerprint density at radius 3 is 2.81 bits per heavy atom. The van der Waals surface area contributed by atoms with E-state index in [0.29, 0.717) is 23.7 Å². The van der Waals surface area contributed by atoms with E-state index in [1.807, 2.05) is 30.3 Å². The van der Waals surface area contributed by atoms with Gasteiger partial charge in [0.05, 0.1) is 13.7 Å². The van der Waals surface area contributed by atoms with Crippen LogP contribution in [0.4, 0.5) is 0 Å². The number of nitrogens with one attached hydrogen (secondary N) is 1. The second-order valence-electron chi connectivity index (χ2n) is 5.58. The first-order chi connectivity index (χ1) is 12.7. The van der Waals surface area contributed by atoms with Gasteiger partial charge in [-0.1, -0.05) is 41.6 Å². The summed E-state index contributed by atoms with van der Waals surface area (Å²) in [5.41, 5.74) is 2.29. The first-order valence-electron chi connectivity index (χ1n) is 8.15. The molecule has 0 saturated heterocycles. The number of rotatable bonds is 7. The van der Waals surface area contributed by atoms with Crippen LogP contribution in [0.2, 0.25) is 0 Å². The second kappa shape index (κ2) is 8.11. The Kier molecular flexibility index (Phi) is 5.43. The third-order valence-corrected chi connectivity index (χ3v) is 3.81. The predicted octanol–water partition coefficient (Wildman–Crippen LogP) is 3.40. The van der Waals surface area contributed by atoms with E-state index in [1.54, 1.807) is 31.4 Å². The Morgan fingerprint density at radius 2 is 2.08 bits per heavy atom. The molecule has 0 spiro atoms. The molecule has 6 heteroatoms. The van der Waals surface area contributed by atoms with Gasteiger partial charge in [-0.3, -0.25) is 4.79 Å². The highest BCUT2D eigenvalue weighted by atomic mass is 16.5. The molecule has 0 fully saturated rings. The normalized spacial score (nSPS) is 10.3. The van der Waals surface area contributed by atoms with Crippen LogP contribution in [0.15, 0.2) is 65.7 Å². The summed E-state index contributed by atoms with van der Waals surface area (Å²) in [5, 5.41) is 6.72. The molecule has 0 radical (unpaired) electrons. The fraction of sp³-hybridized carbons (Fsp3) is 0.150. The van der Waals surface area contributed by atoms with Gasteiger partial charge in [0.15, 0.2) is 0 Å². The van der Waals surface area contributed by atoms with Gasteiger partial charge in [0.25, 0.3) is 5.91 Å². The Balaban J connectivity index is 1.67. The van der Waals surface area contributed by atoms with Crippen LogP contribution in [0.3, 0.4) is 0 Å². The fourth-order valence-electron chi connectivity index (χ4n) is 2.52. The highest BCUT2D eigenvalue weighted by Gasteiger charge is 2.12. The summed E-state index contributed by atoms with van der Waals surface area (Å²) in [4.78, 5) is 16.7.